The number of hydrogen-bond donors (Lipinski definition) is 2. The third-order valence-electron chi connectivity index (χ3n) is 5.19. The molecule has 0 bridgehead atoms. The van der Waals surface area contributed by atoms with Crippen molar-refractivity contribution in [1.29, 1.82) is 0 Å². The number of carbonyl (C=O) groups is 1. The van der Waals surface area contributed by atoms with Crippen molar-refractivity contribution < 1.29 is 13.2 Å². The molecule has 1 unspecified atom stereocenters. The third-order valence-corrected chi connectivity index (χ3v) is 7.10. The number of hydrogen-bond acceptors (Lipinski definition) is 4. The molecule has 1 atom stereocenters. The van der Waals surface area contributed by atoms with E-state index < -0.39 is 10.0 Å². The van der Waals surface area contributed by atoms with E-state index in [1.54, 1.807) is 28.6 Å². The van der Waals surface area contributed by atoms with Gasteiger partial charge in [0.15, 0.2) is 0 Å². The van der Waals surface area contributed by atoms with E-state index in [1.807, 2.05) is 6.07 Å². The molecule has 1 aromatic carbocycles. The Morgan fingerprint density at radius 2 is 1.88 bits per heavy atom. The Balaban J connectivity index is 1.46. The molecule has 2 aliphatic heterocycles. The second-order valence-electron chi connectivity index (χ2n) is 6.95. The highest BCUT2D eigenvalue weighted by molar-refractivity contribution is 7.89. The fourth-order valence-corrected chi connectivity index (χ4v) is 5.05. The average Bonchev–Trinajstić information content (AvgIpc) is 2.68. The van der Waals surface area contributed by atoms with Gasteiger partial charge in [-0.3, -0.25) is 4.79 Å². The molecule has 0 radical (unpaired) electrons. The number of carbonyl (C=O) groups excluding carboxylic acids is 1. The lowest BCUT2D eigenvalue weighted by atomic mass is 9.96. The standard InChI is InChI=1S/C18H27N3O3S/c22-18(16-5-4-10-19-14-16)20-13-15-8-11-21(12-9-15)25(23,24)17-6-2-1-3-7-17/h1-3,6-7,15-16,19H,4-5,8-14H2,(H,20,22). The first kappa shape index (κ1) is 18.4. The number of rotatable bonds is 5. The summed E-state index contributed by atoms with van der Waals surface area (Å²) in [6, 6.07) is 8.58. The van der Waals surface area contributed by atoms with Crippen molar-refractivity contribution in [2.24, 2.45) is 11.8 Å². The summed E-state index contributed by atoms with van der Waals surface area (Å²) in [6.07, 6.45) is 3.57. The lowest BCUT2D eigenvalue weighted by Gasteiger charge is -2.31. The van der Waals surface area contributed by atoms with Crippen molar-refractivity contribution in [2.75, 3.05) is 32.7 Å². The van der Waals surface area contributed by atoms with Crippen LogP contribution >= 0.6 is 0 Å². The Bertz CT molecular complexity index is 664. The summed E-state index contributed by atoms with van der Waals surface area (Å²) in [5.41, 5.74) is 0. The Morgan fingerprint density at radius 1 is 1.16 bits per heavy atom. The first-order valence-corrected chi connectivity index (χ1v) is 10.5. The Morgan fingerprint density at radius 3 is 2.52 bits per heavy atom. The average molecular weight is 365 g/mol. The minimum atomic E-state index is -3.40. The largest absolute Gasteiger partial charge is 0.356 e. The van der Waals surface area contributed by atoms with E-state index in [-0.39, 0.29) is 11.8 Å². The van der Waals surface area contributed by atoms with Gasteiger partial charge in [0.1, 0.15) is 0 Å². The second-order valence-corrected chi connectivity index (χ2v) is 8.89. The van der Waals surface area contributed by atoms with Gasteiger partial charge in [-0.2, -0.15) is 4.31 Å². The van der Waals surface area contributed by atoms with Crippen LogP contribution in [0.2, 0.25) is 0 Å². The van der Waals surface area contributed by atoms with Gasteiger partial charge in [-0.1, -0.05) is 18.2 Å². The van der Waals surface area contributed by atoms with Gasteiger partial charge in [0.2, 0.25) is 15.9 Å². The molecule has 6 nitrogen and oxygen atoms in total. The topological polar surface area (TPSA) is 78.5 Å². The van der Waals surface area contributed by atoms with Crippen LogP contribution in [0.15, 0.2) is 35.2 Å². The molecule has 2 aliphatic rings. The van der Waals surface area contributed by atoms with E-state index in [9.17, 15) is 13.2 Å². The van der Waals surface area contributed by atoms with Crippen LogP contribution in [0, 0.1) is 11.8 Å². The lowest BCUT2D eigenvalue weighted by Crippen LogP contribution is -2.44. The molecule has 2 N–H and O–H groups in total. The summed E-state index contributed by atoms with van der Waals surface area (Å²) < 4.78 is 26.8. The van der Waals surface area contributed by atoms with Crippen LogP contribution < -0.4 is 10.6 Å². The summed E-state index contributed by atoms with van der Waals surface area (Å²) >= 11 is 0. The molecule has 2 fully saturated rings. The predicted molar refractivity (Wildman–Crippen MR) is 96.5 cm³/mol. The van der Waals surface area contributed by atoms with Crippen LogP contribution in [0.4, 0.5) is 0 Å². The van der Waals surface area contributed by atoms with Crippen LogP contribution in [0.3, 0.4) is 0 Å². The molecule has 0 aromatic heterocycles. The van der Waals surface area contributed by atoms with Gasteiger partial charge in [0, 0.05) is 26.2 Å². The molecule has 1 aromatic rings. The summed E-state index contributed by atoms with van der Waals surface area (Å²) in [4.78, 5) is 12.5. The van der Waals surface area contributed by atoms with Gasteiger partial charge >= 0.3 is 0 Å². The van der Waals surface area contributed by atoms with Crippen LogP contribution in [0.25, 0.3) is 0 Å². The van der Waals surface area contributed by atoms with E-state index in [0.29, 0.717) is 30.4 Å². The molecule has 0 saturated carbocycles. The highest BCUT2D eigenvalue weighted by Crippen LogP contribution is 2.23. The zero-order valence-electron chi connectivity index (χ0n) is 14.5. The molecule has 2 saturated heterocycles. The van der Waals surface area contributed by atoms with Crippen molar-refractivity contribution in [2.45, 2.75) is 30.6 Å². The van der Waals surface area contributed by atoms with Crippen molar-refractivity contribution in [3.8, 4) is 0 Å². The summed E-state index contributed by atoms with van der Waals surface area (Å²) in [5.74, 6) is 0.557. The SMILES string of the molecule is O=C(NCC1CCN(S(=O)(=O)c2ccccc2)CC1)C1CCCNC1. The minimum Gasteiger partial charge on any atom is -0.356 e. The Labute approximate surface area is 150 Å². The van der Waals surface area contributed by atoms with Crippen molar-refractivity contribution in [3.05, 3.63) is 30.3 Å². The van der Waals surface area contributed by atoms with Gasteiger partial charge < -0.3 is 10.6 Å². The smallest absolute Gasteiger partial charge is 0.243 e. The number of sulfonamides is 1. The van der Waals surface area contributed by atoms with E-state index >= 15 is 0 Å². The van der Waals surface area contributed by atoms with Gasteiger partial charge in [0.05, 0.1) is 10.8 Å². The maximum Gasteiger partial charge on any atom is 0.243 e. The van der Waals surface area contributed by atoms with E-state index in [1.165, 1.54) is 0 Å². The molecule has 3 rings (SSSR count). The Kier molecular flexibility index (Phi) is 6.09. The van der Waals surface area contributed by atoms with E-state index in [4.69, 9.17) is 0 Å². The number of amides is 1. The number of nitrogens with one attached hydrogen (secondary N) is 2. The quantitative estimate of drug-likeness (QED) is 0.822. The van der Waals surface area contributed by atoms with Crippen molar-refractivity contribution in [1.82, 2.24) is 14.9 Å². The zero-order chi connectivity index (χ0) is 17.7. The zero-order valence-corrected chi connectivity index (χ0v) is 15.3. The van der Waals surface area contributed by atoms with Crippen LogP contribution in [-0.2, 0) is 14.8 Å². The summed E-state index contributed by atoms with van der Waals surface area (Å²) in [5, 5.41) is 6.32. The number of benzene rings is 1. The molecule has 1 amide bonds. The minimum absolute atomic E-state index is 0.0762. The van der Waals surface area contributed by atoms with Crippen LogP contribution in [0.1, 0.15) is 25.7 Å². The van der Waals surface area contributed by atoms with Crippen LogP contribution in [0.5, 0.6) is 0 Å². The molecule has 7 heteroatoms. The fraction of sp³-hybridized carbons (Fsp3) is 0.611. The van der Waals surface area contributed by atoms with Gasteiger partial charge in [-0.25, -0.2) is 8.42 Å². The maximum absolute atomic E-state index is 12.6. The molecule has 138 valence electrons. The van der Waals surface area contributed by atoms with Gasteiger partial charge in [-0.05, 0) is 50.3 Å². The lowest BCUT2D eigenvalue weighted by molar-refractivity contribution is -0.125. The van der Waals surface area contributed by atoms with E-state index in [2.05, 4.69) is 10.6 Å². The van der Waals surface area contributed by atoms with Gasteiger partial charge in [0.25, 0.3) is 0 Å². The van der Waals surface area contributed by atoms with E-state index in [0.717, 1.165) is 38.8 Å². The first-order chi connectivity index (χ1) is 12.1. The fourth-order valence-electron chi connectivity index (χ4n) is 3.56. The third kappa shape index (κ3) is 4.59. The molecular formula is C18H27N3O3S. The van der Waals surface area contributed by atoms with Crippen molar-refractivity contribution >= 4 is 15.9 Å². The number of piperidine rings is 2. The summed E-state index contributed by atoms with van der Waals surface area (Å²) in [7, 11) is -3.40. The predicted octanol–water partition coefficient (Wildman–Crippen LogP) is 1.20. The number of nitrogens with zero attached hydrogens (tertiary/aromatic N) is 1. The van der Waals surface area contributed by atoms with Crippen LogP contribution in [-0.4, -0.2) is 51.4 Å². The molecule has 0 spiro atoms. The second kappa shape index (κ2) is 8.29. The summed E-state index contributed by atoms with van der Waals surface area (Å²) in [6.45, 7) is 3.44. The molecular weight excluding hydrogens is 338 g/mol. The highest BCUT2D eigenvalue weighted by atomic mass is 32.2. The molecule has 0 aliphatic carbocycles. The van der Waals surface area contributed by atoms with Gasteiger partial charge in [-0.15, -0.1) is 0 Å². The normalized spacial score (nSPS) is 23.3. The molecule has 2 heterocycles. The maximum atomic E-state index is 12.6. The Hall–Kier alpha value is -1.44. The van der Waals surface area contributed by atoms with Crippen molar-refractivity contribution in [3.63, 3.8) is 0 Å². The first-order valence-electron chi connectivity index (χ1n) is 9.11. The monoisotopic (exact) mass is 365 g/mol. The molecule has 25 heavy (non-hydrogen) atoms. The highest BCUT2D eigenvalue weighted by Gasteiger charge is 2.29.